The number of aliphatic carboxylic acids is 1. The zero-order chi connectivity index (χ0) is 26.9. The molecule has 3 rings (SSSR count). The Morgan fingerprint density at radius 1 is 1.24 bits per heavy atom. The molecule has 8 nitrogen and oxygen atoms in total. The number of allylic oxidation sites excluding steroid dienone is 2. The van der Waals surface area contributed by atoms with Gasteiger partial charge in [-0.2, -0.15) is 0 Å². The molecule has 2 aliphatic rings. The third-order valence-electron chi connectivity index (χ3n) is 6.52. The van der Waals surface area contributed by atoms with Gasteiger partial charge in [-0.25, -0.2) is 4.79 Å². The molecule has 37 heavy (non-hydrogen) atoms. The number of amides is 1. The molecule has 1 aliphatic heterocycles. The molecule has 0 saturated heterocycles. The zero-order valence-electron chi connectivity index (χ0n) is 21.7. The molecule has 1 aromatic carbocycles. The van der Waals surface area contributed by atoms with E-state index in [-0.39, 0.29) is 12.0 Å². The SMILES string of the molecule is C=CCC1=C(OCCC(CC)Oc2ccc3c(c2CCC)OC(C(=O)O)C=C3)C=CC(C(=O)NC)C1O. The lowest BCUT2D eigenvalue weighted by atomic mass is 9.87. The molecule has 1 aliphatic carbocycles. The van der Waals surface area contributed by atoms with E-state index in [0.717, 1.165) is 24.0 Å². The Labute approximate surface area is 218 Å². The predicted molar refractivity (Wildman–Crippen MR) is 141 cm³/mol. The van der Waals surface area contributed by atoms with Crippen LogP contribution in [0.3, 0.4) is 0 Å². The number of carbonyl (C=O) groups is 2. The summed E-state index contributed by atoms with van der Waals surface area (Å²) in [5.74, 6) is -0.175. The van der Waals surface area contributed by atoms with Gasteiger partial charge in [0.05, 0.1) is 18.6 Å². The topological polar surface area (TPSA) is 114 Å². The highest BCUT2D eigenvalue weighted by Gasteiger charge is 2.31. The highest BCUT2D eigenvalue weighted by molar-refractivity contribution is 5.82. The van der Waals surface area contributed by atoms with Gasteiger partial charge < -0.3 is 29.7 Å². The number of carboxylic acids is 1. The largest absolute Gasteiger partial charge is 0.493 e. The van der Waals surface area contributed by atoms with Crippen molar-refractivity contribution in [3.05, 3.63) is 65.5 Å². The lowest BCUT2D eigenvalue weighted by molar-refractivity contribution is -0.142. The molecular formula is C29H37NO7. The summed E-state index contributed by atoms with van der Waals surface area (Å²) in [6.07, 6.45) is 9.51. The molecule has 1 aromatic rings. The second-order valence-electron chi connectivity index (χ2n) is 9.06. The number of aliphatic hydroxyl groups is 1. The van der Waals surface area contributed by atoms with E-state index in [1.807, 2.05) is 19.1 Å². The fourth-order valence-corrected chi connectivity index (χ4v) is 4.49. The first-order valence-electron chi connectivity index (χ1n) is 12.8. The minimum absolute atomic E-state index is 0.150. The first kappa shape index (κ1) is 28.1. The van der Waals surface area contributed by atoms with Gasteiger partial charge in [0, 0.05) is 30.2 Å². The third-order valence-corrected chi connectivity index (χ3v) is 6.52. The first-order valence-corrected chi connectivity index (χ1v) is 12.8. The summed E-state index contributed by atoms with van der Waals surface area (Å²) < 4.78 is 18.2. The molecule has 0 saturated carbocycles. The van der Waals surface area contributed by atoms with Crippen LogP contribution in [0.15, 0.2) is 54.3 Å². The van der Waals surface area contributed by atoms with E-state index in [9.17, 15) is 19.8 Å². The van der Waals surface area contributed by atoms with Gasteiger partial charge in [0.1, 0.15) is 23.4 Å². The molecule has 0 spiro atoms. The highest BCUT2D eigenvalue weighted by Crippen LogP contribution is 2.38. The standard InChI is InChI=1S/C29H37NO7/c1-5-8-20-23(15-12-22(26(20)31)28(32)30-4)35-17-16-19(7-3)36-24-13-10-18-11-14-25(29(33)34)37-27(18)21(24)9-6-2/h5,10-15,19,22,25-26,31H,1,6-9,16-17H2,2-4H3,(H,30,32)(H,33,34). The van der Waals surface area contributed by atoms with E-state index in [1.165, 1.54) is 6.08 Å². The maximum absolute atomic E-state index is 12.1. The molecular weight excluding hydrogens is 474 g/mol. The van der Waals surface area contributed by atoms with Crippen LogP contribution in [0.25, 0.3) is 6.08 Å². The highest BCUT2D eigenvalue weighted by atomic mass is 16.5. The number of hydrogen-bond donors (Lipinski definition) is 3. The summed E-state index contributed by atoms with van der Waals surface area (Å²) in [5, 5.41) is 22.7. The quantitative estimate of drug-likeness (QED) is 0.340. The molecule has 1 amide bonds. The van der Waals surface area contributed by atoms with Crippen LogP contribution < -0.4 is 14.8 Å². The zero-order valence-corrected chi connectivity index (χ0v) is 21.7. The van der Waals surface area contributed by atoms with E-state index in [0.29, 0.717) is 48.7 Å². The number of ether oxygens (including phenoxy) is 3. The average molecular weight is 512 g/mol. The summed E-state index contributed by atoms with van der Waals surface area (Å²) in [6.45, 7) is 8.19. The third kappa shape index (κ3) is 6.63. The van der Waals surface area contributed by atoms with Crippen molar-refractivity contribution in [1.29, 1.82) is 0 Å². The minimum Gasteiger partial charge on any atom is -0.493 e. The van der Waals surface area contributed by atoms with Crippen LogP contribution >= 0.6 is 0 Å². The van der Waals surface area contributed by atoms with Crippen LogP contribution in [-0.4, -0.2) is 54.1 Å². The van der Waals surface area contributed by atoms with Crippen LogP contribution in [0.1, 0.15) is 50.7 Å². The van der Waals surface area contributed by atoms with Gasteiger partial charge in [0.15, 0.2) is 0 Å². The van der Waals surface area contributed by atoms with Crippen LogP contribution in [-0.2, 0) is 20.7 Å². The van der Waals surface area contributed by atoms with Gasteiger partial charge in [-0.15, -0.1) is 6.58 Å². The van der Waals surface area contributed by atoms with Crippen LogP contribution in [0.4, 0.5) is 0 Å². The number of rotatable bonds is 13. The number of aliphatic hydroxyl groups excluding tert-OH is 1. The van der Waals surface area contributed by atoms with Crippen molar-refractivity contribution in [2.75, 3.05) is 13.7 Å². The van der Waals surface area contributed by atoms with E-state index in [2.05, 4.69) is 18.8 Å². The van der Waals surface area contributed by atoms with Gasteiger partial charge >= 0.3 is 5.97 Å². The summed E-state index contributed by atoms with van der Waals surface area (Å²) in [6, 6.07) is 3.79. The fourth-order valence-electron chi connectivity index (χ4n) is 4.49. The Morgan fingerprint density at radius 3 is 2.68 bits per heavy atom. The number of carboxylic acid groups (broad SMARTS) is 1. The van der Waals surface area contributed by atoms with Gasteiger partial charge in [0.2, 0.25) is 12.0 Å². The Hall–Kier alpha value is -3.52. The van der Waals surface area contributed by atoms with Crippen molar-refractivity contribution in [2.24, 2.45) is 5.92 Å². The average Bonchev–Trinajstić information content (AvgIpc) is 2.90. The van der Waals surface area contributed by atoms with Crippen LogP contribution in [0.2, 0.25) is 0 Å². The maximum Gasteiger partial charge on any atom is 0.349 e. The summed E-state index contributed by atoms with van der Waals surface area (Å²) in [4.78, 5) is 23.6. The molecule has 4 unspecified atom stereocenters. The van der Waals surface area contributed by atoms with E-state index >= 15 is 0 Å². The molecule has 0 bridgehead atoms. The monoisotopic (exact) mass is 511 g/mol. The Bertz CT molecular complexity index is 1090. The smallest absolute Gasteiger partial charge is 0.349 e. The van der Waals surface area contributed by atoms with Crippen molar-refractivity contribution in [2.45, 2.75) is 64.3 Å². The summed E-state index contributed by atoms with van der Waals surface area (Å²) >= 11 is 0. The summed E-state index contributed by atoms with van der Waals surface area (Å²) in [7, 11) is 1.54. The van der Waals surface area contributed by atoms with Crippen LogP contribution in [0, 0.1) is 5.92 Å². The number of hydrogen-bond acceptors (Lipinski definition) is 6. The Balaban J connectivity index is 1.71. The number of benzene rings is 1. The number of carbonyl (C=O) groups excluding carboxylic acids is 1. The first-order chi connectivity index (χ1) is 17.8. The minimum atomic E-state index is -1.03. The van der Waals surface area contributed by atoms with Crippen LogP contribution in [0.5, 0.6) is 11.5 Å². The number of fused-ring (bicyclic) bond motifs is 1. The molecule has 0 aromatic heterocycles. The van der Waals surface area contributed by atoms with Crippen molar-refractivity contribution >= 4 is 18.0 Å². The summed E-state index contributed by atoms with van der Waals surface area (Å²) in [5.41, 5.74) is 2.33. The van der Waals surface area contributed by atoms with E-state index < -0.39 is 24.1 Å². The van der Waals surface area contributed by atoms with E-state index in [1.54, 1.807) is 31.4 Å². The predicted octanol–water partition coefficient (Wildman–Crippen LogP) is 4.19. The molecule has 0 radical (unpaired) electrons. The molecule has 4 atom stereocenters. The molecule has 1 heterocycles. The number of nitrogens with one attached hydrogen (secondary N) is 1. The molecule has 0 fully saturated rings. The van der Waals surface area contributed by atoms with Crippen molar-refractivity contribution in [3.63, 3.8) is 0 Å². The lowest BCUT2D eigenvalue weighted by Crippen LogP contribution is -2.37. The maximum atomic E-state index is 12.1. The van der Waals surface area contributed by atoms with Crippen molar-refractivity contribution < 1.29 is 34.0 Å². The van der Waals surface area contributed by atoms with Gasteiger partial charge in [0.25, 0.3) is 0 Å². The van der Waals surface area contributed by atoms with E-state index in [4.69, 9.17) is 14.2 Å². The molecule has 8 heteroatoms. The normalized spacial score (nSPS) is 21.0. The van der Waals surface area contributed by atoms with Gasteiger partial charge in [-0.3, -0.25) is 4.79 Å². The molecule has 200 valence electrons. The molecule has 3 N–H and O–H groups in total. The van der Waals surface area contributed by atoms with Gasteiger partial charge in [-0.05, 0) is 43.5 Å². The Morgan fingerprint density at radius 2 is 2.03 bits per heavy atom. The second kappa shape index (κ2) is 13.1. The fraction of sp³-hybridized carbons (Fsp3) is 0.448. The Kier molecular flexibility index (Phi) is 9.97. The lowest BCUT2D eigenvalue weighted by Gasteiger charge is -2.27. The van der Waals surface area contributed by atoms with Crippen molar-refractivity contribution in [3.8, 4) is 11.5 Å². The second-order valence-corrected chi connectivity index (χ2v) is 9.06. The van der Waals surface area contributed by atoms with Gasteiger partial charge in [-0.1, -0.05) is 38.5 Å². The van der Waals surface area contributed by atoms with Crippen molar-refractivity contribution in [1.82, 2.24) is 5.32 Å².